The van der Waals surface area contributed by atoms with Crippen LogP contribution in [0.4, 0.5) is 0 Å². The summed E-state index contributed by atoms with van der Waals surface area (Å²) >= 11 is 0. The molecule has 2 heterocycles. The minimum atomic E-state index is -2.69. The van der Waals surface area contributed by atoms with Gasteiger partial charge in [-0.1, -0.05) is 170 Å². The van der Waals surface area contributed by atoms with Crippen molar-refractivity contribution < 1.29 is 0 Å². The highest BCUT2D eigenvalue weighted by Gasteiger charge is 2.49. The van der Waals surface area contributed by atoms with Gasteiger partial charge in [-0.15, -0.1) is 0 Å². The van der Waals surface area contributed by atoms with Crippen LogP contribution in [0, 0.1) is 0 Å². The maximum absolute atomic E-state index is 2.69. The highest BCUT2D eigenvalue weighted by atomic mass is 28.3. The Hall–Kier alpha value is -5.18. The van der Waals surface area contributed by atoms with Crippen LogP contribution in [0.3, 0.4) is 0 Å². The van der Waals surface area contributed by atoms with Crippen molar-refractivity contribution in [3.05, 3.63) is 187 Å². The maximum Gasteiger partial charge on any atom is 0.180 e. The third kappa shape index (κ3) is 4.06. The summed E-state index contributed by atoms with van der Waals surface area (Å²) < 4.78 is 2.55. The van der Waals surface area contributed by atoms with E-state index in [0.717, 1.165) is 6.54 Å². The Morgan fingerprint density at radius 3 is 1.70 bits per heavy atom. The van der Waals surface area contributed by atoms with E-state index in [4.69, 9.17) is 0 Å². The summed E-state index contributed by atoms with van der Waals surface area (Å²) in [5.41, 5.74) is 7.77. The van der Waals surface area contributed by atoms with E-state index in [1.807, 2.05) is 0 Å². The van der Waals surface area contributed by atoms with Crippen molar-refractivity contribution in [2.45, 2.75) is 6.54 Å². The van der Waals surface area contributed by atoms with Gasteiger partial charge in [0.1, 0.15) is 0 Å². The summed E-state index contributed by atoms with van der Waals surface area (Å²) in [6.07, 6.45) is 2.52. The Labute approximate surface area is 254 Å². The Kier molecular flexibility index (Phi) is 6.28. The van der Waals surface area contributed by atoms with Gasteiger partial charge in [-0.25, -0.2) is 0 Å². The number of fused-ring (bicyclic) bond motifs is 2. The van der Waals surface area contributed by atoms with E-state index < -0.39 is 8.07 Å². The Morgan fingerprint density at radius 2 is 1.02 bits per heavy atom. The first-order valence-corrected chi connectivity index (χ1v) is 17.0. The first-order chi connectivity index (χ1) is 21.4. The number of hydrogen-bond donors (Lipinski definition) is 0. The molecule has 2 heteroatoms. The molecule has 0 bridgehead atoms. The third-order valence-electron chi connectivity index (χ3n) is 8.95. The second kappa shape index (κ2) is 10.6. The minimum absolute atomic E-state index is 0.803. The molecule has 0 aliphatic carbocycles. The number of nitrogens with zero attached hydrogens (tertiary/aromatic N) is 1. The molecule has 0 amide bonds. The molecule has 0 fully saturated rings. The van der Waals surface area contributed by atoms with Crippen LogP contribution in [-0.2, 0) is 6.54 Å². The van der Waals surface area contributed by atoms with E-state index in [1.54, 1.807) is 0 Å². The van der Waals surface area contributed by atoms with Crippen LogP contribution in [0.2, 0.25) is 0 Å². The van der Waals surface area contributed by atoms with Crippen molar-refractivity contribution in [1.82, 2.24) is 4.57 Å². The van der Waals surface area contributed by atoms with Crippen molar-refractivity contribution in [2.75, 3.05) is 0 Å². The lowest BCUT2D eigenvalue weighted by Crippen LogP contribution is -2.66. The van der Waals surface area contributed by atoms with Crippen LogP contribution in [0.15, 0.2) is 170 Å². The van der Waals surface area contributed by atoms with E-state index in [-0.39, 0.29) is 0 Å². The minimum Gasteiger partial charge on any atom is -0.335 e. The molecule has 0 radical (unpaired) electrons. The molecule has 1 aliphatic rings. The zero-order valence-electron chi connectivity index (χ0n) is 23.9. The molecule has 0 unspecified atom stereocenters. The average molecular weight is 566 g/mol. The topological polar surface area (TPSA) is 4.93 Å². The first kappa shape index (κ1) is 25.5. The molecule has 0 spiro atoms. The molecular weight excluding hydrogens is 535 g/mol. The van der Waals surface area contributed by atoms with Crippen molar-refractivity contribution in [3.63, 3.8) is 0 Å². The van der Waals surface area contributed by atoms with Gasteiger partial charge in [0.05, 0.1) is 5.69 Å². The van der Waals surface area contributed by atoms with E-state index >= 15 is 0 Å². The SMILES string of the molecule is C1=C(c2c(-c3ccccc3)n(Cc3ccccc3)c3ccccc23)[Si](c2ccccc2)(c2ccccc2)c2ccccc21. The lowest BCUT2D eigenvalue weighted by Gasteiger charge is -2.34. The van der Waals surface area contributed by atoms with Gasteiger partial charge in [0.15, 0.2) is 8.07 Å². The van der Waals surface area contributed by atoms with E-state index in [2.05, 4.69) is 181 Å². The highest BCUT2D eigenvalue weighted by molar-refractivity contribution is 7.25. The Bertz CT molecular complexity index is 2040. The zero-order valence-corrected chi connectivity index (χ0v) is 24.9. The molecule has 0 saturated heterocycles. The van der Waals surface area contributed by atoms with Gasteiger partial charge in [-0.2, -0.15) is 0 Å². The van der Waals surface area contributed by atoms with Crippen molar-refractivity contribution in [1.29, 1.82) is 0 Å². The van der Waals surface area contributed by atoms with E-state index in [9.17, 15) is 0 Å². The van der Waals surface area contributed by atoms with Crippen molar-refractivity contribution >= 4 is 45.8 Å². The molecule has 1 nitrogen and oxygen atoms in total. The van der Waals surface area contributed by atoms with Crippen molar-refractivity contribution in [3.8, 4) is 11.3 Å². The van der Waals surface area contributed by atoms with Crippen LogP contribution < -0.4 is 15.6 Å². The third-order valence-corrected chi connectivity index (χ3v) is 13.8. The van der Waals surface area contributed by atoms with Crippen LogP contribution in [0.1, 0.15) is 16.7 Å². The number of hydrogen-bond acceptors (Lipinski definition) is 0. The number of para-hydroxylation sites is 1. The van der Waals surface area contributed by atoms with Crippen molar-refractivity contribution in [2.24, 2.45) is 0 Å². The van der Waals surface area contributed by atoms with Gasteiger partial charge in [0.25, 0.3) is 0 Å². The van der Waals surface area contributed by atoms with E-state index in [0.29, 0.717) is 0 Å². The van der Waals surface area contributed by atoms with Gasteiger partial charge in [0.2, 0.25) is 0 Å². The summed E-state index contributed by atoms with van der Waals surface area (Å²) in [6.45, 7) is 0.803. The van der Waals surface area contributed by atoms with Crippen LogP contribution in [-0.4, -0.2) is 12.6 Å². The molecule has 8 rings (SSSR count). The molecule has 6 aromatic carbocycles. The number of aromatic nitrogens is 1. The second-order valence-corrected chi connectivity index (χ2v) is 15.0. The molecule has 0 saturated carbocycles. The fourth-order valence-electron chi connectivity index (χ4n) is 7.20. The lowest BCUT2D eigenvalue weighted by molar-refractivity contribution is 0.844. The van der Waals surface area contributed by atoms with Crippen LogP contribution in [0.25, 0.3) is 33.4 Å². The summed E-state index contributed by atoms with van der Waals surface area (Å²) in [7, 11) is -2.69. The quantitative estimate of drug-likeness (QED) is 0.181. The van der Waals surface area contributed by atoms with Gasteiger partial charge in [-0.05, 0) is 43.5 Å². The molecular formula is C41H31NSi. The number of benzene rings is 6. The predicted octanol–water partition coefficient (Wildman–Crippen LogP) is 7.92. The van der Waals surface area contributed by atoms with Crippen LogP contribution >= 0.6 is 0 Å². The fourth-order valence-corrected chi connectivity index (χ4v) is 12.4. The second-order valence-electron chi connectivity index (χ2n) is 11.3. The predicted molar refractivity (Wildman–Crippen MR) is 185 cm³/mol. The summed E-state index contributed by atoms with van der Waals surface area (Å²) in [5.74, 6) is 0. The number of rotatable bonds is 6. The highest BCUT2D eigenvalue weighted by Crippen LogP contribution is 2.44. The maximum atomic E-state index is 2.55. The molecule has 7 aromatic rings. The summed E-state index contributed by atoms with van der Waals surface area (Å²) in [6, 6.07) is 62.5. The van der Waals surface area contributed by atoms with E-state index in [1.165, 1.54) is 59.6 Å². The largest absolute Gasteiger partial charge is 0.335 e. The van der Waals surface area contributed by atoms with Gasteiger partial charge in [0, 0.05) is 23.0 Å². The standard InChI is InChI=1S/C41H31NSi/c1-5-17-31(18-6-1)30-42-37-27-15-14-26-36(37)40(41(42)32-19-7-2-8-20-32)39-29-33-21-13-16-28-38(33)43(39,34-22-9-3-10-23-34)35-24-11-4-12-25-35/h1-29H,30H2. The molecule has 43 heavy (non-hydrogen) atoms. The first-order valence-electron chi connectivity index (χ1n) is 15.0. The summed E-state index contributed by atoms with van der Waals surface area (Å²) in [4.78, 5) is 0. The molecule has 0 atom stereocenters. The Balaban J connectivity index is 1.53. The zero-order chi connectivity index (χ0) is 28.6. The average Bonchev–Trinajstić information content (AvgIpc) is 3.60. The Morgan fingerprint density at radius 1 is 0.488 bits per heavy atom. The molecule has 0 N–H and O–H groups in total. The van der Waals surface area contributed by atoms with Gasteiger partial charge >= 0.3 is 0 Å². The fraction of sp³-hybridized carbons (Fsp3) is 0.0244. The molecule has 1 aromatic heterocycles. The van der Waals surface area contributed by atoms with Gasteiger partial charge in [-0.3, -0.25) is 0 Å². The normalized spacial score (nSPS) is 13.5. The summed E-state index contributed by atoms with van der Waals surface area (Å²) in [5, 5.41) is 7.04. The molecule has 204 valence electrons. The molecule has 1 aliphatic heterocycles. The monoisotopic (exact) mass is 565 g/mol. The lowest BCUT2D eigenvalue weighted by atomic mass is 10.0. The smallest absolute Gasteiger partial charge is 0.180 e. The van der Waals surface area contributed by atoms with Gasteiger partial charge < -0.3 is 4.57 Å². The van der Waals surface area contributed by atoms with Crippen LogP contribution in [0.5, 0.6) is 0 Å².